The fourth-order valence-corrected chi connectivity index (χ4v) is 1.86. The number of thiocarbonyl (C=S) groups is 1. The van der Waals surface area contributed by atoms with Gasteiger partial charge in [-0.15, -0.1) is 0 Å². The maximum absolute atomic E-state index is 5.35. The normalized spacial score (nSPS) is 19.8. The highest BCUT2D eigenvalue weighted by atomic mass is 32.1. The van der Waals surface area contributed by atoms with Crippen LogP contribution in [0.5, 0.6) is 0 Å². The molecule has 1 aliphatic rings. The van der Waals surface area contributed by atoms with E-state index in [9.17, 15) is 0 Å². The lowest BCUT2D eigenvalue weighted by molar-refractivity contribution is 0.470. The van der Waals surface area contributed by atoms with Crippen molar-refractivity contribution in [1.29, 1.82) is 0 Å². The Balaban J connectivity index is 2.20. The summed E-state index contributed by atoms with van der Waals surface area (Å²) in [6.07, 6.45) is 0. The summed E-state index contributed by atoms with van der Waals surface area (Å²) in [6, 6.07) is 10.3. The van der Waals surface area contributed by atoms with Crippen LogP contribution in [0.2, 0.25) is 0 Å². The molecule has 13 heavy (non-hydrogen) atoms. The Morgan fingerprint density at radius 1 is 1.23 bits per heavy atom. The van der Waals surface area contributed by atoms with Gasteiger partial charge in [-0.1, -0.05) is 44.3 Å². The largest absolute Gasteiger partial charge is 0.335 e. The summed E-state index contributed by atoms with van der Waals surface area (Å²) in [6.45, 7) is 5.42. The molecule has 0 amide bonds. The van der Waals surface area contributed by atoms with Crippen molar-refractivity contribution < 1.29 is 0 Å². The van der Waals surface area contributed by atoms with Crippen LogP contribution in [0, 0.1) is 5.41 Å². The van der Waals surface area contributed by atoms with Gasteiger partial charge in [0.2, 0.25) is 0 Å². The monoisotopic (exact) mass is 191 g/mol. The molecule has 1 aromatic rings. The molecule has 1 saturated heterocycles. The zero-order chi connectivity index (χ0) is 9.47. The Bertz CT molecular complexity index is 329. The average molecular weight is 191 g/mol. The van der Waals surface area contributed by atoms with E-state index < -0.39 is 0 Å². The minimum absolute atomic E-state index is 0.213. The number of rotatable bonds is 1. The average Bonchev–Trinajstić information content (AvgIpc) is 2.15. The standard InChI is InChI=1S/C11H13NS/c1-11(2)8-12(10(11)13)9-6-4-3-5-7-9/h3-7H,8H2,1-2H3. The van der Waals surface area contributed by atoms with Crippen molar-refractivity contribution in [3.8, 4) is 0 Å². The molecule has 1 aliphatic heterocycles. The van der Waals surface area contributed by atoms with E-state index in [0.29, 0.717) is 0 Å². The van der Waals surface area contributed by atoms with Crippen LogP contribution in [0.25, 0.3) is 0 Å². The summed E-state index contributed by atoms with van der Waals surface area (Å²) < 4.78 is 0. The van der Waals surface area contributed by atoms with Crippen LogP contribution in [-0.2, 0) is 0 Å². The zero-order valence-electron chi connectivity index (χ0n) is 7.95. The second-order valence-corrected chi connectivity index (χ2v) is 4.50. The third-order valence-electron chi connectivity index (χ3n) is 2.45. The molecule has 0 saturated carbocycles. The van der Waals surface area contributed by atoms with Crippen molar-refractivity contribution >= 4 is 22.9 Å². The van der Waals surface area contributed by atoms with Gasteiger partial charge in [-0.3, -0.25) is 0 Å². The van der Waals surface area contributed by atoms with E-state index in [0.717, 1.165) is 11.5 Å². The van der Waals surface area contributed by atoms with Gasteiger partial charge in [0.15, 0.2) is 0 Å². The topological polar surface area (TPSA) is 3.24 Å². The summed E-state index contributed by atoms with van der Waals surface area (Å²) >= 11 is 5.35. The molecule has 0 unspecified atom stereocenters. The highest BCUT2D eigenvalue weighted by Crippen LogP contribution is 2.35. The van der Waals surface area contributed by atoms with Crippen LogP contribution in [-0.4, -0.2) is 11.5 Å². The van der Waals surface area contributed by atoms with Gasteiger partial charge in [0.05, 0.1) is 4.99 Å². The molecular weight excluding hydrogens is 178 g/mol. The van der Waals surface area contributed by atoms with Gasteiger partial charge in [-0.25, -0.2) is 0 Å². The number of hydrogen-bond acceptors (Lipinski definition) is 1. The van der Waals surface area contributed by atoms with E-state index in [2.05, 4.69) is 30.9 Å². The Morgan fingerprint density at radius 3 is 2.31 bits per heavy atom. The second kappa shape index (κ2) is 2.81. The van der Waals surface area contributed by atoms with Gasteiger partial charge in [0.1, 0.15) is 0 Å². The molecule has 0 radical (unpaired) electrons. The molecule has 0 N–H and O–H groups in total. The Morgan fingerprint density at radius 2 is 1.85 bits per heavy atom. The first-order valence-electron chi connectivity index (χ1n) is 4.48. The third-order valence-corrected chi connectivity index (χ3v) is 3.22. The molecule has 0 aliphatic carbocycles. The summed E-state index contributed by atoms with van der Waals surface area (Å²) in [5.41, 5.74) is 1.43. The molecular formula is C11H13NS. The first kappa shape index (κ1) is 8.70. The number of para-hydroxylation sites is 1. The van der Waals surface area contributed by atoms with Crippen molar-refractivity contribution in [2.75, 3.05) is 11.4 Å². The van der Waals surface area contributed by atoms with E-state index >= 15 is 0 Å². The van der Waals surface area contributed by atoms with Crippen LogP contribution < -0.4 is 4.90 Å². The van der Waals surface area contributed by atoms with Gasteiger partial charge < -0.3 is 4.90 Å². The lowest BCUT2D eigenvalue weighted by Crippen LogP contribution is -2.57. The van der Waals surface area contributed by atoms with E-state index in [4.69, 9.17) is 12.2 Å². The molecule has 1 heterocycles. The molecule has 0 bridgehead atoms. The Hall–Kier alpha value is -0.890. The predicted molar refractivity (Wildman–Crippen MR) is 60.2 cm³/mol. The molecule has 1 aromatic carbocycles. The quantitative estimate of drug-likeness (QED) is 0.628. The van der Waals surface area contributed by atoms with E-state index in [1.165, 1.54) is 5.69 Å². The Kier molecular flexibility index (Phi) is 1.88. The molecule has 2 heteroatoms. The molecule has 0 spiro atoms. The van der Waals surface area contributed by atoms with Gasteiger partial charge in [0, 0.05) is 17.6 Å². The number of hydrogen-bond donors (Lipinski definition) is 0. The number of nitrogens with zero attached hydrogens (tertiary/aromatic N) is 1. The fraction of sp³-hybridized carbons (Fsp3) is 0.364. The van der Waals surface area contributed by atoms with Crippen molar-refractivity contribution in [3.63, 3.8) is 0 Å². The second-order valence-electron chi connectivity index (χ2n) is 4.11. The minimum Gasteiger partial charge on any atom is -0.335 e. The van der Waals surface area contributed by atoms with Crippen molar-refractivity contribution in [3.05, 3.63) is 30.3 Å². The Labute approximate surface area is 84.4 Å². The van der Waals surface area contributed by atoms with Gasteiger partial charge in [-0.2, -0.15) is 0 Å². The highest BCUT2D eigenvalue weighted by molar-refractivity contribution is 7.80. The molecule has 2 rings (SSSR count). The van der Waals surface area contributed by atoms with Crippen LogP contribution in [0.15, 0.2) is 30.3 Å². The van der Waals surface area contributed by atoms with E-state index in [1.54, 1.807) is 0 Å². The van der Waals surface area contributed by atoms with Crippen molar-refractivity contribution in [1.82, 2.24) is 0 Å². The van der Waals surface area contributed by atoms with Crippen LogP contribution in [0.3, 0.4) is 0 Å². The van der Waals surface area contributed by atoms with E-state index in [1.807, 2.05) is 18.2 Å². The number of benzene rings is 1. The fourth-order valence-electron chi connectivity index (χ4n) is 1.63. The third kappa shape index (κ3) is 1.35. The predicted octanol–water partition coefficient (Wildman–Crippen LogP) is 2.86. The van der Waals surface area contributed by atoms with Crippen LogP contribution >= 0.6 is 12.2 Å². The molecule has 1 nitrogen and oxygen atoms in total. The summed E-state index contributed by atoms with van der Waals surface area (Å²) in [5.74, 6) is 0. The summed E-state index contributed by atoms with van der Waals surface area (Å²) in [4.78, 5) is 3.24. The first-order valence-corrected chi connectivity index (χ1v) is 4.89. The van der Waals surface area contributed by atoms with Crippen LogP contribution in [0.4, 0.5) is 5.69 Å². The number of anilines is 1. The smallest absolute Gasteiger partial charge is 0.0899 e. The molecule has 1 fully saturated rings. The highest BCUT2D eigenvalue weighted by Gasteiger charge is 2.40. The first-order chi connectivity index (χ1) is 6.11. The maximum Gasteiger partial charge on any atom is 0.0899 e. The van der Waals surface area contributed by atoms with Gasteiger partial charge in [-0.05, 0) is 12.1 Å². The van der Waals surface area contributed by atoms with E-state index in [-0.39, 0.29) is 5.41 Å². The summed E-state index contributed by atoms with van der Waals surface area (Å²) in [5, 5.41) is 0. The zero-order valence-corrected chi connectivity index (χ0v) is 8.77. The minimum atomic E-state index is 0.213. The van der Waals surface area contributed by atoms with Crippen LogP contribution in [0.1, 0.15) is 13.8 Å². The molecule has 0 atom stereocenters. The van der Waals surface area contributed by atoms with Crippen molar-refractivity contribution in [2.45, 2.75) is 13.8 Å². The maximum atomic E-state index is 5.35. The van der Waals surface area contributed by atoms with Crippen molar-refractivity contribution in [2.24, 2.45) is 5.41 Å². The molecule has 0 aromatic heterocycles. The lowest BCUT2D eigenvalue weighted by Gasteiger charge is -2.47. The lowest BCUT2D eigenvalue weighted by atomic mass is 9.84. The summed E-state index contributed by atoms with van der Waals surface area (Å²) in [7, 11) is 0. The SMILES string of the molecule is CC1(C)CN(c2ccccc2)C1=S. The van der Waals surface area contributed by atoms with Gasteiger partial charge >= 0.3 is 0 Å². The molecule has 68 valence electrons. The van der Waals surface area contributed by atoms with Gasteiger partial charge in [0.25, 0.3) is 0 Å².